The molecule has 0 bridgehead atoms. The van der Waals surface area contributed by atoms with Crippen LogP contribution in [0.25, 0.3) is 0 Å². The lowest BCUT2D eigenvalue weighted by Gasteiger charge is -2.28. The maximum Gasteiger partial charge on any atom is 0.372 e. The zero-order chi connectivity index (χ0) is 10.8. The molecule has 0 saturated heterocycles. The predicted molar refractivity (Wildman–Crippen MR) is 47.5 cm³/mol. The summed E-state index contributed by atoms with van der Waals surface area (Å²) in [5, 5.41) is 0. The molecule has 3 nitrogen and oxygen atoms in total. The Morgan fingerprint density at radius 3 is 2.14 bits per heavy atom. The van der Waals surface area contributed by atoms with Crippen LogP contribution in [0.4, 0.5) is 8.78 Å². The zero-order valence-electron chi connectivity index (χ0n) is 8.00. The highest BCUT2D eigenvalue weighted by Crippen LogP contribution is 2.38. The van der Waals surface area contributed by atoms with Crippen LogP contribution < -0.4 is 0 Å². The van der Waals surface area contributed by atoms with Gasteiger partial charge >= 0.3 is 6.11 Å². The molecule has 0 heterocycles. The van der Waals surface area contributed by atoms with Gasteiger partial charge in [-0.05, 0) is 12.8 Å². The van der Waals surface area contributed by atoms with Crippen LogP contribution in [0, 0.1) is 5.92 Å². The van der Waals surface area contributed by atoms with Gasteiger partial charge in [0.15, 0.2) is 0 Å². The van der Waals surface area contributed by atoms with Crippen molar-refractivity contribution in [1.82, 2.24) is 0 Å². The van der Waals surface area contributed by atoms with Crippen molar-refractivity contribution in [3.05, 3.63) is 0 Å². The van der Waals surface area contributed by atoms with Crippen molar-refractivity contribution in [1.29, 1.82) is 0 Å². The Kier molecular flexibility index (Phi) is 3.47. The summed E-state index contributed by atoms with van der Waals surface area (Å²) in [6, 6.07) is 0. The van der Waals surface area contributed by atoms with Crippen molar-refractivity contribution in [2.45, 2.75) is 38.2 Å². The molecule has 0 amide bonds. The average Bonchev–Trinajstić information content (AvgIpc) is 2.01. The Morgan fingerprint density at radius 2 is 1.71 bits per heavy atom. The van der Waals surface area contributed by atoms with Crippen LogP contribution in [-0.2, 0) is 14.3 Å². The van der Waals surface area contributed by atoms with Gasteiger partial charge in [0.2, 0.25) is 0 Å². The lowest BCUT2D eigenvalue weighted by atomic mass is 9.88. The van der Waals surface area contributed by atoms with Gasteiger partial charge in [-0.15, -0.1) is 0 Å². The summed E-state index contributed by atoms with van der Waals surface area (Å²) in [5.74, 6) is -0.953. The maximum absolute atomic E-state index is 13.2. The van der Waals surface area contributed by atoms with E-state index in [0.717, 1.165) is 6.42 Å². The van der Waals surface area contributed by atoms with E-state index in [0.29, 0.717) is 31.9 Å². The first-order chi connectivity index (χ1) is 6.31. The van der Waals surface area contributed by atoms with Crippen LogP contribution in [0.3, 0.4) is 0 Å². The quantitative estimate of drug-likeness (QED) is 0.695. The molecule has 1 aliphatic carbocycles. The van der Waals surface area contributed by atoms with E-state index < -0.39 is 22.1 Å². The number of hydrogen-bond donors (Lipinski definition) is 0. The normalized spacial score (nSPS) is 21.1. The summed E-state index contributed by atoms with van der Waals surface area (Å²) in [7, 11) is -4.08. The van der Waals surface area contributed by atoms with Crippen molar-refractivity contribution in [3.8, 4) is 0 Å². The summed E-state index contributed by atoms with van der Waals surface area (Å²) >= 11 is 0. The molecule has 0 spiro atoms. The largest absolute Gasteiger partial charge is 0.372 e. The van der Waals surface area contributed by atoms with Crippen LogP contribution >= 0.6 is 0 Å². The van der Waals surface area contributed by atoms with Crippen molar-refractivity contribution in [2.75, 3.05) is 6.26 Å². The van der Waals surface area contributed by atoms with E-state index in [-0.39, 0.29) is 0 Å². The first kappa shape index (κ1) is 11.8. The summed E-state index contributed by atoms with van der Waals surface area (Å²) in [5.41, 5.74) is 0. The number of halogens is 2. The third-order valence-corrected chi connectivity index (χ3v) is 2.87. The van der Waals surface area contributed by atoms with E-state index in [1.807, 2.05) is 0 Å². The van der Waals surface area contributed by atoms with Gasteiger partial charge in [0, 0.05) is 0 Å². The minimum atomic E-state index is -4.08. The maximum atomic E-state index is 13.2. The highest BCUT2D eigenvalue weighted by Gasteiger charge is 2.44. The third-order valence-electron chi connectivity index (χ3n) is 2.34. The molecule has 14 heavy (non-hydrogen) atoms. The standard InChI is InChI=1S/C8H14F2O3S/c1-14(11,12)13-8(9,10)7-5-3-2-4-6-7/h7H,2-6H2,1H3. The van der Waals surface area contributed by atoms with Crippen molar-refractivity contribution >= 4 is 10.1 Å². The zero-order valence-corrected chi connectivity index (χ0v) is 8.82. The van der Waals surface area contributed by atoms with E-state index in [2.05, 4.69) is 4.18 Å². The molecule has 1 aliphatic rings. The number of rotatable bonds is 3. The van der Waals surface area contributed by atoms with E-state index in [1.54, 1.807) is 0 Å². The van der Waals surface area contributed by atoms with Gasteiger partial charge in [-0.3, -0.25) is 0 Å². The lowest BCUT2D eigenvalue weighted by molar-refractivity contribution is -0.218. The fourth-order valence-electron chi connectivity index (χ4n) is 1.71. The molecular formula is C8H14F2O3S. The van der Waals surface area contributed by atoms with E-state index in [1.165, 1.54) is 0 Å². The third kappa shape index (κ3) is 3.49. The van der Waals surface area contributed by atoms with E-state index >= 15 is 0 Å². The monoisotopic (exact) mass is 228 g/mol. The van der Waals surface area contributed by atoms with Crippen LogP contribution in [0.5, 0.6) is 0 Å². The summed E-state index contributed by atoms with van der Waals surface area (Å²) < 4.78 is 51.4. The van der Waals surface area contributed by atoms with Gasteiger partial charge in [-0.25, -0.2) is 4.18 Å². The second-order valence-electron chi connectivity index (χ2n) is 3.68. The van der Waals surface area contributed by atoms with Gasteiger partial charge in [0.1, 0.15) is 0 Å². The summed E-state index contributed by atoms with van der Waals surface area (Å²) in [6.45, 7) is 0. The first-order valence-corrected chi connectivity index (χ1v) is 6.41. The van der Waals surface area contributed by atoms with Crippen molar-refractivity contribution in [2.24, 2.45) is 5.92 Å². The molecule has 6 heteroatoms. The van der Waals surface area contributed by atoms with Gasteiger partial charge < -0.3 is 0 Å². The Morgan fingerprint density at radius 1 is 1.21 bits per heavy atom. The molecule has 0 aromatic carbocycles. The Balaban J connectivity index is 2.63. The Hall–Kier alpha value is -0.230. The molecule has 84 valence electrons. The number of alkyl halides is 2. The highest BCUT2D eigenvalue weighted by atomic mass is 32.2. The van der Waals surface area contributed by atoms with Crippen LogP contribution in [0.15, 0.2) is 0 Å². The summed E-state index contributed by atoms with van der Waals surface area (Å²) in [6.07, 6.45) is 0.148. The molecule has 1 saturated carbocycles. The molecule has 0 unspecified atom stereocenters. The van der Waals surface area contributed by atoms with Crippen LogP contribution in [0.1, 0.15) is 32.1 Å². The van der Waals surface area contributed by atoms with Gasteiger partial charge in [0.25, 0.3) is 10.1 Å². The van der Waals surface area contributed by atoms with Crippen molar-refractivity contribution < 1.29 is 21.4 Å². The van der Waals surface area contributed by atoms with Crippen molar-refractivity contribution in [3.63, 3.8) is 0 Å². The number of hydrogen-bond acceptors (Lipinski definition) is 3. The molecule has 0 aromatic rings. The Bertz CT molecular complexity index is 281. The molecule has 0 radical (unpaired) electrons. The average molecular weight is 228 g/mol. The predicted octanol–water partition coefficient (Wildman–Crippen LogP) is 2.14. The van der Waals surface area contributed by atoms with E-state index in [4.69, 9.17) is 0 Å². The summed E-state index contributed by atoms with van der Waals surface area (Å²) in [4.78, 5) is 0. The van der Waals surface area contributed by atoms with Gasteiger partial charge in [0.05, 0.1) is 12.2 Å². The Labute approximate surface area is 82.6 Å². The molecule has 0 aliphatic heterocycles. The molecule has 1 rings (SSSR count). The minimum absolute atomic E-state index is 0.336. The SMILES string of the molecule is CS(=O)(=O)OC(F)(F)C1CCCCC1. The molecule has 0 N–H and O–H groups in total. The second-order valence-corrected chi connectivity index (χ2v) is 5.26. The molecule has 0 aromatic heterocycles. The topological polar surface area (TPSA) is 43.4 Å². The van der Waals surface area contributed by atoms with Crippen LogP contribution in [0.2, 0.25) is 0 Å². The molecule has 0 atom stereocenters. The highest BCUT2D eigenvalue weighted by molar-refractivity contribution is 7.86. The fraction of sp³-hybridized carbons (Fsp3) is 1.00. The van der Waals surface area contributed by atoms with Gasteiger partial charge in [-0.1, -0.05) is 19.3 Å². The van der Waals surface area contributed by atoms with Crippen LogP contribution in [-0.4, -0.2) is 20.8 Å². The van der Waals surface area contributed by atoms with Gasteiger partial charge in [-0.2, -0.15) is 17.2 Å². The lowest BCUT2D eigenvalue weighted by Crippen LogP contribution is -2.34. The second kappa shape index (κ2) is 4.10. The smallest absolute Gasteiger partial charge is 0.200 e. The minimum Gasteiger partial charge on any atom is -0.200 e. The molecule has 1 fully saturated rings. The molecular weight excluding hydrogens is 214 g/mol. The first-order valence-electron chi connectivity index (χ1n) is 4.60. The fourth-order valence-corrected chi connectivity index (χ4v) is 2.25. The van der Waals surface area contributed by atoms with E-state index in [9.17, 15) is 17.2 Å².